The fourth-order valence-corrected chi connectivity index (χ4v) is 2.18. The first-order valence-corrected chi connectivity index (χ1v) is 8.69. The Bertz CT molecular complexity index is 268. The molecule has 0 spiro atoms. The highest BCUT2D eigenvalue weighted by molar-refractivity contribution is 5.78. The van der Waals surface area contributed by atoms with Gasteiger partial charge in [-0.3, -0.25) is 9.59 Å². The summed E-state index contributed by atoms with van der Waals surface area (Å²) in [5.41, 5.74) is 0. The molecule has 0 aromatic carbocycles. The van der Waals surface area contributed by atoms with E-state index in [0.29, 0.717) is 31.6 Å². The zero-order valence-corrected chi connectivity index (χ0v) is 14.0. The minimum Gasteiger partial charge on any atom is -0.356 e. The van der Waals surface area contributed by atoms with Gasteiger partial charge in [-0.1, -0.05) is 20.3 Å². The molecule has 0 fully saturated rings. The van der Waals surface area contributed by atoms with Crippen molar-refractivity contribution >= 4 is 11.7 Å². The molecule has 2 N–H and O–H groups in total. The van der Waals surface area contributed by atoms with Crippen LogP contribution in [0.3, 0.4) is 0 Å². The van der Waals surface area contributed by atoms with Crippen molar-refractivity contribution in [1.29, 1.82) is 0 Å². The van der Waals surface area contributed by atoms with Crippen molar-refractivity contribution in [1.82, 2.24) is 10.6 Å². The van der Waals surface area contributed by atoms with Gasteiger partial charge in [0.25, 0.3) is 0 Å². The molecule has 0 aliphatic heterocycles. The molecule has 0 aromatic heterocycles. The molecule has 0 heterocycles. The maximum Gasteiger partial charge on any atom is 0.219 e. The molecule has 4 heteroatoms. The van der Waals surface area contributed by atoms with Gasteiger partial charge in [0, 0.05) is 25.8 Å². The van der Waals surface area contributed by atoms with Crippen LogP contribution in [-0.4, -0.2) is 31.3 Å². The number of nitrogens with one attached hydrogen (secondary N) is 2. The van der Waals surface area contributed by atoms with E-state index in [-0.39, 0.29) is 5.91 Å². The highest BCUT2D eigenvalue weighted by Gasteiger charge is 2.02. The molecular weight excluding hydrogens is 264 g/mol. The largest absolute Gasteiger partial charge is 0.356 e. The lowest BCUT2D eigenvalue weighted by molar-refractivity contribution is -0.121. The SMILES string of the molecule is CCCNCCCCCC(=O)NCCCCC(=O)CCC. The molecule has 4 nitrogen and oxygen atoms in total. The smallest absolute Gasteiger partial charge is 0.219 e. The van der Waals surface area contributed by atoms with E-state index in [1.807, 2.05) is 6.92 Å². The van der Waals surface area contributed by atoms with Crippen LogP contribution in [0.15, 0.2) is 0 Å². The Hall–Kier alpha value is -0.900. The van der Waals surface area contributed by atoms with Crippen molar-refractivity contribution in [3.63, 3.8) is 0 Å². The average Bonchev–Trinajstić information content (AvgIpc) is 2.46. The molecule has 0 aromatic rings. The molecule has 0 bridgehead atoms. The molecule has 0 rings (SSSR count). The van der Waals surface area contributed by atoms with Gasteiger partial charge in [0.1, 0.15) is 5.78 Å². The van der Waals surface area contributed by atoms with E-state index in [1.165, 1.54) is 6.42 Å². The van der Waals surface area contributed by atoms with E-state index < -0.39 is 0 Å². The van der Waals surface area contributed by atoms with Gasteiger partial charge in [0.2, 0.25) is 5.91 Å². The van der Waals surface area contributed by atoms with Gasteiger partial charge in [0.15, 0.2) is 0 Å². The third-order valence-corrected chi connectivity index (χ3v) is 3.42. The summed E-state index contributed by atoms with van der Waals surface area (Å²) >= 11 is 0. The van der Waals surface area contributed by atoms with Gasteiger partial charge in [-0.25, -0.2) is 0 Å². The van der Waals surface area contributed by atoms with E-state index in [2.05, 4.69) is 17.6 Å². The normalized spacial score (nSPS) is 10.6. The summed E-state index contributed by atoms with van der Waals surface area (Å²) in [6, 6.07) is 0. The molecule has 0 atom stereocenters. The Morgan fingerprint density at radius 3 is 2.14 bits per heavy atom. The van der Waals surface area contributed by atoms with Gasteiger partial charge in [0.05, 0.1) is 0 Å². The van der Waals surface area contributed by atoms with E-state index in [9.17, 15) is 9.59 Å². The summed E-state index contributed by atoms with van der Waals surface area (Å²) in [5.74, 6) is 0.497. The first-order valence-electron chi connectivity index (χ1n) is 8.69. The Morgan fingerprint density at radius 1 is 0.714 bits per heavy atom. The molecule has 21 heavy (non-hydrogen) atoms. The van der Waals surface area contributed by atoms with Gasteiger partial charge < -0.3 is 10.6 Å². The summed E-state index contributed by atoms with van der Waals surface area (Å²) in [7, 11) is 0. The number of ketones is 1. The van der Waals surface area contributed by atoms with Crippen LogP contribution in [0.5, 0.6) is 0 Å². The van der Waals surface area contributed by atoms with Crippen molar-refractivity contribution in [3.05, 3.63) is 0 Å². The number of amides is 1. The van der Waals surface area contributed by atoms with E-state index in [1.54, 1.807) is 0 Å². The van der Waals surface area contributed by atoms with Gasteiger partial charge in [-0.15, -0.1) is 0 Å². The molecule has 0 unspecified atom stereocenters. The number of rotatable bonds is 15. The fourth-order valence-electron chi connectivity index (χ4n) is 2.18. The van der Waals surface area contributed by atoms with Crippen LogP contribution >= 0.6 is 0 Å². The zero-order valence-electron chi connectivity index (χ0n) is 14.0. The molecular formula is C17H34N2O2. The second kappa shape index (κ2) is 15.5. The third kappa shape index (κ3) is 15.3. The summed E-state index contributed by atoms with van der Waals surface area (Å²) in [5, 5.41) is 6.30. The lowest BCUT2D eigenvalue weighted by Crippen LogP contribution is -2.24. The Labute approximate surface area is 130 Å². The summed E-state index contributed by atoms with van der Waals surface area (Å²) in [6.45, 7) is 7.04. The van der Waals surface area contributed by atoms with Crippen LogP contribution in [0.1, 0.15) is 78.1 Å². The average molecular weight is 298 g/mol. The molecule has 1 amide bonds. The van der Waals surface area contributed by atoms with Crippen molar-refractivity contribution < 1.29 is 9.59 Å². The fraction of sp³-hybridized carbons (Fsp3) is 0.882. The quantitative estimate of drug-likeness (QED) is 0.456. The monoisotopic (exact) mass is 298 g/mol. The Balaban J connectivity index is 3.25. The topological polar surface area (TPSA) is 58.2 Å². The lowest BCUT2D eigenvalue weighted by Gasteiger charge is -2.05. The minimum absolute atomic E-state index is 0.149. The molecule has 0 radical (unpaired) electrons. The Morgan fingerprint density at radius 2 is 1.43 bits per heavy atom. The first-order chi connectivity index (χ1) is 10.2. The van der Waals surface area contributed by atoms with Crippen molar-refractivity contribution in [2.75, 3.05) is 19.6 Å². The van der Waals surface area contributed by atoms with Gasteiger partial charge in [-0.2, -0.15) is 0 Å². The number of carbonyl (C=O) groups excluding carboxylic acids is 2. The summed E-state index contributed by atoms with van der Waals surface area (Å²) < 4.78 is 0. The van der Waals surface area contributed by atoms with Crippen LogP contribution in [0.2, 0.25) is 0 Å². The highest BCUT2D eigenvalue weighted by atomic mass is 16.1. The van der Waals surface area contributed by atoms with E-state index >= 15 is 0 Å². The second-order valence-corrected chi connectivity index (χ2v) is 5.66. The molecule has 0 aliphatic carbocycles. The van der Waals surface area contributed by atoms with Crippen LogP contribution in [0.4, 0.5) is 0 Å². The van der Waals surface area contributed by atoms with Crippen molar-refractivity contribution in [2.45, 2.75) is 78.1 Å². The van der Waals surface area contributed by atoms with Crippen molar-refractivity contribution in [2.24, 2.45) is 0 Å². The first kappa shape index (κ1) is 20.1. The van der Waals surface area contributed by atoms with Crippen LogP contribution in [-0.2, 0) is 9.59 Å². The van der Waals surface area contributed by atoms with Gasteiger partial charge >= 0.3 is 0 Å². The maximum absolute atomic E-state index is 11.6. The lowest BCUT2D eigenvalue weighted by atomic mass is 10.1. The van der Waals surface area contributed by atoms with Gasteiger partial charge in [-0.05, 0) is 51.6 Å². The number of hydrogen-bond donors (Lipinski definition) is 2. The zero-order chi connectivity index (χ0) is 15.8. The highest BCUT2D eigenvalue weighted by Crippen LogP contribution is 2.02. The standard InChI is InChI=1S/C17H34N2O2/c1-3-10-16(20)11-7-9-15-19-17(21)12-6-5-8-14-18-13-4-2/h18H,3-15H2,1-2H3,(H,19,21). The Kier molecular flexibility index (Phi) is 14.8. The van der Waals surface area contributed by atoms with E-state index in [4.69, 9.17) is 0 Å². The predicted molar refractivity (Wildman–Crippen MR) is 88.4 cm³/mol. The number of Topliss-reactive ketones (excluding diaryl/α,β-unsaturated/α-hetero) is 1. The molecule has 0 saturated heterocycles. The number of hydrogen-bond acceptors (Lipinski definition) is 3. The molecule has 124 valence electrons. The third-order valence-electron chi connectivity index (χ3n) is 3.42. The second-order valence-electron chi connectivity index (χ2n) is 5.66. The summed E-state index contributed by atoms with van der Waals surface area (Å²) in [6.07, 6.45) is 9.11. The van der Waals surface area contributed by atoms with E-state index in [0.717, 1.165) is 51.6 Å². The van der Waals surface area contributed by atoms with Crippen LogP contribution in [0, 0.1) is 0 Å². The number of carbonyl (C=O) groups is 2. The molecule has 0 aliphatic rings. The maximum atomic E-state index is 11.6. The summed E-state index contributed by atoms with van der Waals surface area (Å²) in [4.78, 5) is 22.9. The predicted octanol–water partition coefficient (Wildman–Crippen LogP) is 3.20. The van der Waals surface area contributed by atoms with Crippen LogP contribution in [0.25, 0.3) is 0 Å². The molecule has 0 saturated carbocycles. The minimum atomic E-state index is 0.149. The van der Waals surface area contributed by atoms with Crippen LogP contribution < -0.4 is 10.6 Å². The number of unbranched alkanes of at least 4 members (excludes halogenated alkanes) is 3. The van der Waals surface area contributed by atoms with Crippen molar-refractivity contribution in [3.8, 4) is 0 Å².